The van der Waals surface area contributed by atoms with E-state index in [4.69, 9.17) is 16.0 Å². The maximum absolute atomic E-state index is 14.0. The summed E-state index contributed by atoms with van der Waals surface area (Å²) in [5, 5.41) is 12.5. The van der Waals surface area contributed by atoms with Gasteiger partial charge in [0, 0.05) is 16.6 Å². The molecule has 3 unspecified atom stereocenters. The Morgan fingerprint density at radius 3 is 2.88 bits per heavy atom. The van der Waals surface area contributed by atoms with Gasteiger partial charge in [-0.2, -0.15) is 20.0 Å². The van der Waals surface area contributed by atoms with E-state index in [9.17, 15) is 4.79 Å². The summed E-state index contributed by atoms with van der Waals surface area (Å²) < 4.78 is 5.85. The number of anilines is 1. The molecule has 34 heavy (non-hydrogen) atoms. The molecule has 2 aliphatic rings. The number of nitrogens with zero attached hydrogens (tertiary/aromatic N) is 5. The molecular formula is C25H25ClN6O2. The smallest absolute Gasteiger partial charge is 0.296 e. The maximum Gasteiger partial charge on any atom is 0.296 e. The van der Waals surface area contributed by atoms with Crippen LogP contribution >= 0.6 is 11.6 Å². The van der Waals surface area contributed by atoms with Gasteiger partial charge in [-0.25, -0.2) is 0 Å². The minimum absolute atomic E-state index is 0.108. The number of hydrogen-bond donors (Lipinski definition) is 1. The average Bonchev–Trinajstić information content (AvgIpc) is 3.61. The summed E-state index contributed by atoms with van der Waals surface area (Å²) in [5.74, 6) is 0.630. The Labute approximate surface area is 201 Å². The van der Waals surface area contributed by atoms with Crippen LogP contribution < -0.4 is 5.32 Å². The number of fused-ring (bicyclic) bond motifs is 2. The van der Waals surface area contributed by atoms with Crippen LogP contribution in [-0.4, -0.2) is 49.4 Å². The van der Waals surface area contributed by atoms with Gasteiger partial charge in [0.05, 0.1) is 30.8 Å². The fourth-order valence-electron chi connectivity index (χ4n) is 5.54. The topological polar surface area (TPSA) is 89.1 Å². The number of carbonyl (C=O) groups is 1. The van der Waals surface area contributed by atoms with Crippen LogP contribution in [0.2, 0.25) is 5.02 Å². The molecule has 1 saturated heterocycles. The van der Waals surface area contributed by atoms with E-state index in [1.807, 2.05) is 31.2 Å². The van der Waals surface area contributed by atoms with Crippen LogP contribution in [-0.2, 0) is 0 Å². The Morgan fingerprint density at radius 1 is 1.18 bits per heavy atom. The quantitative estimate of drug-likeness (QED) is 0.397. The minimum Gasteiger partial charge on any atom is -0.424 e. The predicted octanol–water partition coefficient (Wildman–Crippen LogP) is 4.87. The van der Waals surface area contributed by atoms with Crippen molar-refractivity contribution in [3.63, 3.8) is 0 Å². The number of ketones is 1. The maximum atomic E-state index is 14.0. The molecule has 3 heterocycles. The number of nitrogens with one attached hydrogen (secondary N) is 1. The van der Waals surface area contributed by atoms with Gasteiger partial charge < -0.3 is 9.73 Å². The van der Waals surface area contributed by atoms with Crippen molar-refractivity contribution in [3.05, 3.63) is 64.9 Å². The van der Waals surface area contributed by atoms with E-state index in [0.717, 1.165) is 24.8 Å². The first-order valence-electron chi connectivity index (χ1n) is 11.6. The third-order valence-corrected chi connectivity index (χ3v) is 7.32. The SMILES string of the molecule is Cc1ccc(-n2nccn2)c(C(=O)C2CC3CCCC3N2CNc2nc3cc(Cl)ccc3o2)c1. The van der Waals surface area contributed by atoms with Crippen LogP contribution in [0.3, 0.4) is 0 Å². The Hall–Kier alpha value is -3.23. The Morgan fingerprint density at radius 2 is 2.03 bits per heavy atom. The van der Waals surface area contributed by atoms with E-state index in [1.54, 1.807) is 24.5 Å². The molecule has 8 nitrogen and oxygen atoms in total. The predicted molar refractivity (Wildman–Crippen MR) is 129 cm³/mol. The molecule has 1 saturated carbocycles. The molecule has 4 aromatic rings. The standard InChI is InChI=1S/C25H25ClN6O2/c1-15-5-7-21(32-28-9-10-29-32)18(11-15)24(33)22-12-16-3-2-4-20(16)31(22)14-27-25-30-19-13-17(26)6-8-23(19)34-25/h5-11,13,16,20,22H,2-4,12,14H2,1H3,(H,27,30). The third-order valence-electron chi connectivity index (χ3n) is 7.09. The van der Waals surface area contributed by atoms with Gasteiger partial charge in [0.1, 0.15) is 5.52 Å². The zero-order valence-corrected chi connectivity index (χ0v) is 19.6. The minimum atomic E-state index is -0.224. The van der Waals surface area contributed by atoms with E-state index in [2.05, 4.69) is 25.4 Å². The lowest BCUT2D eigenvalue weighted by Crippen LogP contribution is -2.44. The van der Waals surface area contributed by atoms with Gasteiger partial charge in [0.2, 0.25) is 0 Å². The van der Waals surface area contributed by atoms with Crippen LogP contribution in [0, 0.1) is 12.8 Å². The lowest BCUT2D eigenvalue weighted by Gasteiger charge is -2.29. The summed E-state index contributed by atoms with van der Waals surface area (Å²) in [6, 6.07) is 11.8. The molecule has 9 heteroatoms. The zero-order valence-electron chi connectivity index (χ0n) is 18.8. The first kappa shape index (κ1) is 21.3. The Bertz CT molecular complexity index is 1350. The molecule has 2 aromatic carbocycles. The first-order valence-corrected chi connectivity index (χ1v) is 12.0. The highest BCUT2D eigenvalue weighted by atomic mass is 35.5. The van der Waals surface area contributed by atoms with Gasteiger partial charge in [-0.05, 0) is 62.4 Å². The number of hydrogen-bond acceptors (Lipinski definition) is 7. The van der Waals surface area contributed by atoms with Crippen molar-refractivity contribution in [1.82, 2.24) is 24.9 Å². The summed E-state index contributed by atoms with van der Waals surface area (Å²) in [7, 11) is 0. The number of aryl methyl sites for hydroxylation is 1. The number of likely N-dealkylation sites (tertiary alicyclic amines) is 1. The molecule has 3 atom stereocenters. The molecule has 1 aliphatic heterocycles. The fraction of sp³-hybridized carbons (Fsp3) is 0.360. The van der Waals surface area contributed by atoms with Crippen LogP contribution in [0.4, 0.5) is 6.01 Å². The highest BCUT2D eigenvalue weighted by molar-refractivity contribution is 6.31. The summed E-state index contributed by atoms with van der Waals surface area (Å²) in [5.41, 5.74) is 3.78. The van der Waals surface area contributed by atoms with Crippen LogP contribution in [0.5, 0.6) is 0 Å². The average molecular weight is 477 g/mol. The van der Waals surface area contributed by atoms with Crippen molar-refractivity contribution in [2.75, 3.05) is 12.0 Å². The van der Waals surface area contributed by atoms with E-state index in [1.165, 1.54) is 11.2 Å². The third kappa shape index (κ3) is 3.76. The lowest BCUT2D eigenvalue weighted by atomic mass is 9.95. The van der Waals surface area contributed by atoms with Gasteiger partial charge in [-0.15, -0.1) is 0 Å². The van der Waals surface area contributed by atoms with Crippen molar-refractivity contribution in [3.8, 4) is 5.69 Å². The van der Waals surface area contributed by atoms with Crippen molar-refractivity contribution in [2.24, 2.45) is 5.92 Å². The zero-order chi connectivity index (χ0) is 23.2. The number of aromatic nitrogens is 4. The van der Waals surface area contributed by atoms with Gasteiger partial charge in [-0.1, -0.05) is 29.7 Å². The highest BCUT2D eigenvalue weighted by Gasteiger charge is 2.46. The second-order valence-electron chi connectivity index (χ2n) is 9.19. The first-order chi connectivity index (χ1) is 16.6. The Kier molecular flexibility index (Phi) is 5.34. The van der Waals surface area contributed by atoms with Gasteiger partial charge >= 0.3 is 0 Å². The molecule has 2 aromatic heterocycles. The summed E-state index contributed by atoms with van der Waals surface area (Å²) in [6.07, 6.45) is 7.55. The number of Topliss-reactive ketones (excluding diaryl/α,β-unsaturated/α-hetero) is 1. The molecule has 0 radical (unpaired) electrons. The normalized spacial score (nSPS) is 22.4. The molecule has 0 spiro atoms. The number of halogens is 1. The summed E-state index contributed by atoms with van der Waals surface area (Å²) >= 11 is 6.08. The molecule has 2 fully saturated rings. The summed E-state index contributed by atoms with van der Waals surface area (Å²) in [6.45, 7) is 2.48. The van der Waals surface area contributed by atoms with Gasteiger partial charge in [0.15, 0.2) is 11.4 Å². The molecule has 174 valence electrons. The van der Waals surface area contributed by atoms with Gasteiger partial charge in [-0.3, -0.25) is 9.69 Å². The molecule has 1 N–H and O–H groups in total. The van der Waals surface area contributed by atoms with Crippen molar-refractivity contribution in [2.45, 2.75) is 44.7 Å². The summed E-state index contributed by atoms with van der Waals surface area (Å²) in [4.78, 5) is 22.3. The van der Waals surface area contributed by atoms with Crippen molar-refractivity contribution >= 4 is 34.5 Å². The monoisotopic (exact) mass is 476 g/mol. The largest absolute Gasteiger partial charge is 0.424 e. The van der Waals surface area contributed by atoms with Gasteiger partial charge in [0.25, 0.3) is 6.01 Å². The molecule has 0 amide bonds. The van der Waals surface area contributed by atoms with E-state index < -0.39 is 0 Å². The van der Waals surface area contributed by atoms with Crippen molar-refractivity contribution in [1.29, 1.82) is 0 Å². The highest BCUT2D eigenvalue weighted by Crippen LogP contribution is 2.42. The van der Waals surface area contributed by atoms with E-state index >= 15 is 0 Å². The number of oxazole rings is 1. The van der Waals surface area contributed by atoms with E-state index in [-0.39, 0.29) is 11.8 Å². The fourth-order valence-corrected chi connectivity index (χ4v) is 5.71. The molecule has 6 rings (SSSR count). The number of carbonyl (C=O) groups excluding carboxylic acids is 1. The second-order valence-corrected chi connectivity index (χ2v) is 9.63. The molecule has 0 bridgehead atoms. The molecular weight excluding hydrogens is 452 g/mol. The molecule has 1 aliphatic carbocycles. The van der Waals surface area contributed by atoms with Crippen LogP contribution in [0.25, 0.3) is 16.8 Å². The van der Waals surface area contributed by atoms with Crippen LogP contribution in [0.15, 0.2) is 53.2 Å². The number of benzene rings is 2. The van der Waals surface area contributed by atoms with E-state index in [0.29, 0.717) is 52.0 Å². The van der Waals surface area contributed by atoms with Crippen molar-refractivity contribution < 1.29 is 9.21 Å². The van der Waals surface area contributed by atoms with Crippen LogP contribution in [0.1, 0.15) is 41.6 Å². The number of rotatable bonds is 6. The Balaban J connectivity index is 1.29. The second kappa shape index (κ2) is 8.52. The lowest BCUT2D eigenvalue weighted by molar-refractivity contribution is 0.0840.